The van der Waals surface area contributed by atoms with Crippen molar-refractivity contribution in [2.24, 2.45) is 58.2 Å². The van der Waals surface area contributed by atoms with Gasteiger partial charge in [-0.05, 0) is 90.4 Å². The van der Waals surface area contributed by atoms with Gasteiger partial charge in [0.05, 0.1) is 48.8 Å². The van der Waals surface area contributed by atoms with Crippen LogP contribution in [-0.4, -0.2) is 154 Å². The highest BCUT2D eigenvalue weighted by Crippen LogP contribution is 2.64. The lowest BCUT2D eigenvalue weighted by atomic mass is 9.47. The molecule has 17 nitrogen and oxygen atoms in total. The van der Waals surface area contributed by atoms with E-state index in [-0.39, 0.29) is 80.0 Å². The highest BCUT2D eigenvalue weighted by atomic mass is 16.7. The maximum Gasteiger partial charge on any atom is 0.346 e. The number of methoxy groups -OCH3 is 1. The Morgan fingerprint density at radius 2 is 1.36 bits per heavy atom. The Morgan fingerprint density at radius 3 is 1.97 bits per heavy atom. The molecule has 4 aliphatic heterocycles. The summed E-state index contributed by atoms with van der Waals surface area (Å²) in [4.78, 5) is 44.3. The summed E-state index contributed by atoms with van der Waals surface area (Å²) in [6, 6.07) is 0. The van der Waals surface area contributed by atoms with Crippen LogP contribution < -0.4 is 0 Å². The number of aliphatic hydroxyl groups is 6. The number of carbonyl (C=O) groups excluding carboxylic acids is 3. The number of esters is 1. The average molecular weight is 1100 g/mol. The molecule has 8 aliphatic rings. The van der Waals surface area contributed by atoms with Crippen molar-refractivity contribution in [2.75, 3.05) is 13.7 Å². The van der Waals surface area contributed by atoms with E-state index in [2.05, 4.69) is 26.0 Å². The van der Waals surface area contributed by atoms with Crippen molar-refractivity contribution in [1.29, 1.82) is 0 Å². The van der Waals surface area contributed by atoms with E-state index in [4.69, 9.17) is 37.9 Å². The van der Waals surface area contributed by atoms with Crippen molar-refractivity contribution in [3.63, 3.8) is 0 Å². The van der Waals surface area contributed by atoms with Gasteiger partial charge in [0, 0.05) is 80.3 Å². The fraction of sp³-hybridized carbons (Fsp3) is 0.820. The molecule has 0 aromatic carbocycles. The lowest BCUT2D eigenvalue weighted by molar-refractivity contribution is -0.338. The van der Waals surface area contributed by atoms with Crippen LogP contribution in [0.2, 0.25) is 0 Å². The van der Waals surface area contributed by atoms with Gasteiger partial charge in [-0.25, -0.2) is 4.79 Å². The molecule has 1 saturated carbocycles. The summed E-state index contributed by atoms with van der Waals surface area (Å²) >= 11 is 0. The van der Waals surface area contributed by atoms with E-state index in [0.29, 0.717) is 32.1 Å². The predicted octanol–water partition coefficient (Wildman–Crippen LogP) is 7.28. The minimum Gasteiger partial charge on any atom is -0.511 e. The predicted molar refractivity (Wildman–Crippen MR) is 287 cm³/mol. The van der Waals surface area contributed by atoms with E-state index in [0.717, 1.165) is 16.7 Å². The van der Waals surface area contributed by atoms with Gasteiger partial charge < -0.3 is 68.5 Å². The number of allylic oxidation sites excluding steroid dienone is 4. The van der Waals surface area contributed by atoms with Crippen LogP contribution in [-0.2, 0) is 52.3 Å². The molecule has 0 radical (unpaired) electrons. The highest BCUT2D eigenvalue weighted by Gasteiger charge is 2.67. The summed E-state index contributed by atoms with van der Waals surface area (Å²) in [6.07, 6.45) is -0.691. The second kappa shape index (κ2) is 24.1. The molecular weight excluding hydrogens is 1000 g/mol. The topological polar surface area (TPSA) is 246 Å². The SMILES string of the molecule is CC/C1=C\C(CO)CC(C)C(O[C@H]2C[C@@H](O)[C@H](O[C@@H]3C[C@@H](OC)[C@H](O[C@H]4C[C@@H](O)[C@H](O)C(C)O4)C(C)O3)C(C)O2)C(C)CCCC2(C)C=C(C)C(C)CC23OC(=O)/C(=C(/O)C2(CC)C1C(C)=CC1C(O)CC(=O)C(C)C12)C3=O. The monoisotopic (exact) mass is 1100 g/mol. The standard InChI is InChI=1S/C61H94O17/c1-14-39-21-38(28-62)19-31(5)53(75-47-24-44(66)54(36(10)73-47)76-48-25-45(71-13)55(37(11)74-48)77-46-23-43(65)52(67)35(9)72-46)29(3)17-16-18-59(12)26-32(6)33(7)27-61(59)57(69)49(58(70)78-61)56(68)60(15-2)50(39)30(4)20-40-42(64)22-41(63)34(8)51(40)60/h20-21,26,29,31,33-38,40,42-48,50-55,62,64-68H,14-19,22-25,27-28H2,1-13H3/b39-21+,56-49+/t29?,31?,33?,34?,35?,36?,37?,38?,40?,42?,43-,44-,45-,46+,47+,48-,50?,51?,52-,53?,54-,55-,59?,60?,61?/m1/s1. The molecule has 16 unspecified atom stereocenters. The first-order chi connectivity index (χ1) is 36.8. The van der Waals surface area contributed by atoms with Gasteiger partial charge in [-0.15, -0.1) is 0 Å². The number of rotatable bonds is 10. The van der Waals surface area contributed by atoms with Gasteiger partial charge in [0.2, 0.25) is 5.78 Å². The van der Waals surface area contributed by atoms with Crippen molar-refractivity contribution in [3.8, 4) is 0 Å². The molecule has 6 N–H and O–H groups in total. The van der Waals surface area contributed by atoms with Crippen LogP contribution >= 0.6 is 0 Å². The fourth-order valence-electron chi connectivity index (χ4n) is 16.0. The first-order valence-corrected chi connectivity index (χ1v) is 29.4. The van der Waals surface area contributed by atoms with Crippen LogP contribution in [0.15, 0.2) is 46.3 Å². The number of hydrogen-bond donors (Lipinski definition) is 6. The summed E-state index contributed by atoms with van der Waals surface area (Å²) in [5.41, 5.74) is -1.54. The summed E-state index contributed by atoms with van der Waals surface area (Å²) in [5.74, 6) is -5.19. The van der Waals surface area contributed by atoms with E-state index in [1.54, 1.807) is 14.0 Å². The molecular formula is C61H94O17. The Labute approximate surface area is 462 Å². The quantitative estimate of drug-likeness (QED) is 0.0715. The van der Waals surface area contributed by atoms with E-state index in [1.165, 1.54) is 0 Å². The number of aliphatic hydroxyl groups excluding tert-OH is 6. The van der Waals surface area contributed by atoms with Gasteiger partial charge in [0.15, 0.2) is 24.5 Å². The molecule has 5 fully saturated rings. The summed E-state index contributed by atoms with van der Waals surface area (Å²) in [7, 11) is 1.57. The molecule has 8 rings (SSSR count). The molecule has 4 saturated heterocycles. The molecule has 17 heteroatoms. The van der Waals surface area contributed by atoms with Crippen LogP contribution in [0, 0.1) is 58.2 Å². The van der Waals surface area contributed by atoms with Crippen molar-refractivity contribution in [1.82, 2.24) is 0 Å². The van der Waals surface area contributed by atoms with E-state index in [9.17, 15) is 40.2 Å². The minimum absolute atomic E-state index is 0.0414. The summed E-state index contributed by atoms with van der Waals surface area (Å²) in [5, 5.41) is 68.8. The number of carbonyl (C=O) groups is 3. The van der Waals surface area contributed by atoms with Gasteiger partial charge in [-0.3, -0.25) is 9.59 Å². The normalized spacial score (nSPS) is 49.5. The second-order valence-corrected chi connectivity index (χ2v) is 25.4. The number of Topliss-reactive ketones (excluding diaryl/α,β-unsaturated/α-hetero) is 2. The number of ether oxygens (including phenoxy) is 8. The fourth-order valence-corrected chi connectivity index (χ4v) is 16.0. The molecule has 0 aromatic rings. The third-order valence-corrected chi connectivity index (χ3v) is 20.3. The molecule has 0 aromatic heterocycles. The third-order valence-electron chi connectivity index (χ3n) is 20.3. The first-order valence-electron chi connectivity index (χ1n) is 29.4. The molecule has 0 amide bonds. The second-order valence-electron chi connectivity index (χ2n) is 25.4. The Morgan fingerprint density at radius 1 is 0.744 bits per heavy atom. The number of ketones is 2. The molecule has 1 spiro atoms. The van der Waals surface area contributed by atoms with Crippen LogP contribution in [0.4, 0.5) is 0 Å². The summed E-state index contributed by atoms with van der Waals surface area (Å²) < 4.78 is 51.0. The maximum atomic E-state index is 15.7. The van der Waals surface area contributed by atoms with E-state index >= 15 is 4.79 Å². The Hall–Kier alpha value is -2.91. The Kier molecular flexibility index (Phi) is 18.9. The first kappa shape index (κ1) is 61.2. The van der Waals surface area contributed by atoms with Gasteiger partial charge >= 0.3 is 5.97 Å². The number of fused-ring (bicyclic) bond motifs is 4. The lowest BCUT2D eigenvalue weighted by Gasteiger charge is -2.56. The largest absolute Gasteiger partial charge is 0.511 e. The van der Waals surface area contributed by atoms with Crippen molar-refractivity contribution < 1.29 is 82.9 Å². The Bertz CT molecular complexity index is 2290. The van der Waals surface area contributed by atoms with Crippen molar-refractivity contribution in [3.05, 3.63) is 46.3 Å². The molecule has 4 aliphatic carbocycles. The molecule has 78 heavy (non-hydrogen) atoms. The van der Waals surface area contributed by atoms with Crippen molar-refractivity contribution in [2.45, 2.75) is 245 Å². The van der Waals surface area contributed by atoms with E-state index < -0.39 is 144 Å². The highest BCUT2D eigenvalue weighted by molar-refractivity contribution is 6.26. The molecule has 2 bridgehead atoms. The van der Waals surface area contributed by atoms with E-state index in [1.807, 2.05) is 68.4 Å². The van der Waals surface area contributed by atoms with Crippen LogP contribution in [0.1, 0.15) is 154 Å². The van der Waals surface area contributed by atoms with Gasteiger partial charge in [-0.2, -0.15) is 0 Å². The zero-order chi connectivity index (χ0) is 57.1. The molecule has 25 atom stereocenters. The maximum absolute atomic E-state index is 15.7. The zero-order valence-electron chi connectivity index (χ0n) is 48.6. The van der Waals surface area contributed by atoms with Crippen LogP contribution in [0.3, 0.4) is 0 Å². The number of hydrogen-bond acceptors (Lipinski definition) is 17. The average Bonchev–Trinajstić information content (AvgIpc) is 3.88. The lowest BCUT2D eigenvalue weighted by Crippen LogP contribution is -2.57. The van der Waals surface area contributed by atoms with Crippen molar-refractivity contribution >= 4 is 17.5 Å². The van der Waals surface area contributed by atoms with Gasteiger partial charge in [-0.1, -0.05) is 89.8 Å². The molecule has 440 valence electrons. The smallest absolute Gasteiger partial charge is 0.346 e. The molecule has 4 heterocycles. The zero-order valence-corrected chi connectivity index (χ0v) is 48.6. The summed E-state index contributed by atoms with van der Waals surface area (Å²) in [6.45, 7) is 23.2. The van der Waals surface area contributed by atoms with Gasteiger partial charge in [0.1, 0.15) is 35.4 Å². The van der Waals surface area contributed by atoms with Crippen LogP contribution in [0.25, 0.3) is 0 Å². The minimum atomic E-state index is -1.62. The Balaban J connectivity index is 1.09. The van der Waals surface area contributed by atoms with Gasteiger partial charge in [0.25, 0.3) is 0 Å². The van der Waals surface area contributed by atoms with Crippen LogP contribution in [0.5, 0.6) is 0 Å². The third kappa shape index (κ3) is 11.1.